The molecule has 0 spiro atoms. The Kier molecular flexibility index (Phi) is 8.64. The fourth-order valence-corrected chi connectivity index (χ4v) is 0.749. The highest BCUT2D eigenvalue weighted by atomic mass is 13.8. The summed E-state index contributed by atoms with van der Waals surface area (Å²) in [7, 11) is 0. The average molecular weight is 150 g/mol. The van der Waals surface area contributed by atoms with Crippen LogP contribution in [0.2, 0.25) is 0 Å². The summed E-state index contributed by atoms with van der Waals surface area (Å²) in [5.41, 5.74) is 3.13. The Morgan fingerprint density at radius 1 is 0.909 bits per heavy atom. The molecule has 0 aliphatic rings. The number of allylic oxidation sites excluding steroid dienone is 3. The normalized spacial score (nSPS) is 9.64. The van der Waals surface area contributed by atoms with E-state index in [-0.39, 0.29) is 0 Å². The molecule has 0 saturated carbocycles. The molecule has 11 heavy (non-hydrogen) atoms. The predicted molar refractivity (Wildman–Crippen MR) is 51.6 cm³/mol. The first-order valence-corrected chi connectivity index (χ1v) is 4.46. The Bertz CT molecular complexity index is 145. The van der Waals surface area contributed by atoms with Crippen molar-refractivity contribution in [1.82, 2.24) is 0 Å². The molecule has 0 aliphatic carbocycles. The van der Waals surface area contributed by atoms with E-state index in [1.54, 1.807) is 0 Å². The van der Waals surface area contributed by atoms with Gasteiger partial charge in [0.05, 0.1) is 0 Å². The standard InChI is InChI=1S/C11H18/c1-3-5-7-9-11-10-8-6-4-2/h5-7,10H,3-4,9,11H2,1-2H3. The van der Waals surface area contributed by atoms with Crippen LogP contribution in [0.3, 0.4) is 0 Å². The fourth-order valence-electron chi connectivity index (χ4n) is 0.749. The van der Waals surface area contributed by atoms with Crippen molar-refractivity contribution in [2.75, 3.05) is 0 Å². The highest BCUT2D eigenvalue weighted by Gasteiger charge is 1.73. The second-order valence-electron chi connectivity index (χ2n) is 2.44. The summed E-state index contributed by atoms with van der Waals surface area (Å²) in [6.07, 6.45) is 13.1. The Morgan fingerprint density at radius 2 is 1.73 bits per heavy atom. The van der Waals surface area contributed by atoms with E-state index in [0.29, 0.717) is 0 Å². The summed E-state index contributed by atoms with van der Waals surface area (Å²) in [5, 5.41) is 0. The van der Waals surface area contributed by atoms with Crippen LogP contribution in [0.25, 0.3) is 0 Å². The van der Waals surface area contributed by atoms with Crippen LogP contribution in [-0.2, 0) is 0 Å². The zero-order chi connectivity index (χ0) is 8.36. The Morgan fingerprint density at radius 3 is 2.36 bits per heavy atom. The third-order valence-electron chi connectivity index (χ3n) is 1.32. The SMILES string of the molecule is CCC=C=CCCC=CCC. The van der Waals surface area contributed by atoms with Gasteiger partial charge in [-0.3, -0.25) is 0 Å². The average Bonchev–Trinajstić information content (AvgIpc) is 2.03. The number of hydrogen-bond acceptors (Lipinski definition) is 0. The molecular weight excluding hydrogens is 132 g/mol. The van der Waals surface area contributed by atoms with Gasteiger partial charge in [-0.2, -0.15) is 0 Å². The van der Waals surface area contributed by atoms with Crippen molar-refractivity contribution >= 4 is 0 Å². The van der Waals surface area contributed by atoms with Crippen LogP contribution in [0.15, 0.2) is 30.0 Å². The molecule has 0 rings (SSSR count). The molecule has 0 heterocycles. The number of hydrogen-bond donors (Lipinski definition) is 0. The third-order valence-corrected chi connectivity index (χ3v) is 1.32. The maximum Gasteiger partial charge on any atom is -0.0240 e. The van der Waals surface area contributed by atoms with E-state index in [1.165, 1.54) is 0 Å². The maximum absolute atomic E-state index is 3.13. The van der Waals surface area contributed by atoms with Crippen LogP contribution in [0.4, 0.5) is 0 Å². The van der Waals surface area contributed by atoms with Gasteiger partial charge < -0.3 is 0 Å². The molecule has 0 bridgehead atoms. The third kappa shape index (κ3) is 9.26. The molecule has 62 valence electrons. The van der Waals surface area contributed by atoms with Gasteiger partial charge in [0.1, 0.15) is 0 Å². The molecule has 0 amide bonds. The molecule has 0 radical (unpaired) electrons. The first-order chi connectivity index (χ1) is 5.41. The van der Waals surface area contributed by atoms with Gasteiger partial charge in [0.15, 0.2) is 0 Å². The van der Waals surface area contributed by atoms with E-state index in [2.05, 4.69) is 43.9 Å². The van der Waals surface area contributed by atoms with Crippen molar-refractivity contribution in [3.8, 4) is 0 Å². The van der Waals surface area contributed by atoms with E-state index in [0.717, 1.165) is 25.7 Å². The summed E-state index contributed by atoms with van der Waals surface area (Å²) in [6.45, 7) is 4.28. The zero-order valence-electron chi connectivity index (χ0n) is 7.64. The highest BCUT2D eigenvalue weighted by Crippen LogP contribution is 1.92. The van der Waals surface area contributed by atoms with Crippen molar-refractivity contribution in [2.45, 2.75) is 39.5 Å². The Balaban J connectivity index is 3.27. The number of rotatable bonds is 5. The van der Waals surface area contributed by atoms with Crippen molar-refractivity contribution in [1.29, 1.82) is 0 Å². The monoisotopic (exact) mass is 150 g/mol. The van der Waals surface area contributed by atoms with E-state index in [1.807, 2.05) is 0 Å². The molecule has 0 aromatic heterocycles. The van der Waals surface area contributed by atoms with E-state index in [9.17, 15) is 0 Å². The van der Waals surface area contributed by atoms with Crippen molar-refractivity contribution in [3.63, 3.8) is 0 Å². The van der Waals surface area contributed by atoms with Crippen LogP contribution >= 0.6 is 0 Å². The van der Waals surface area contributed by atoms with Crippen molar-refractivity contribution in [3.05, 3.63) is 30.0 Å². The van der Waals surface area contributed by atoms with Crippen LogP contribution in [0.5, 0.6) is 0 Å². The Labute approximate surface area is 70.3 Å². The molecule has 0 aromatic rings. The molecule has 0 atom stereocenters. The zero-order valence-corrected chi connectivity index (χ0v) is 7.64. The summed E-state index contributed by atoms with van der Waals surface area (Å²) >= 11 is 0. The summed E-state index contributed by atoms with van der Waals surface area (Å²) in [5.74, 6) is 0. The van der Waals surface area contributed by atoms with Gasteiger partial charge in [0, 0.05) is 0 Å². The molecule has 0 heteroatoms. The molecule has 0 saturated heterocycles. The predicted octanol–water partition coefficient (Wildman–Crippen LogP) is 3.85. The molecule has 0 N–H and O–H groups in total. The highest BCUT2D eigenvalue weighted by molar-refractivity contribution is 4.88. The maximum atomic E-state index is 3.13. The van der Waals surface area contributed by atoms with Crippen molar-refractivity contribution < 1.29 is 0 Å². The Hall–Kier alpha value is -0.740. The second kappa shape index (κ2) is 9.26. The molecule has 0 aromatic carbocycles. The van der Waals surface area contributed by atoms with Gasteiger partial charge in [-0.05, 0) is 37.8 Å². The smallest absolute Gasteiger partial charge is 0.0240 e. The molecular formula is C11H18. The topological polar surface area (TPSA) is 0 Å². The van der Waals surface area contributed by atoms with Crippen LogP contribution in [0.1, 0.15) is 39.5 Å². The number of unbranched alkanes of at least 4 members (excludes halogenated alkanes) is 1. The van der Waals surface area contributed by atoms with Crippen LogP contribution in [-0.4, -0.2) is 0 Å². The van der Waals surface area contributed by atoms with Gasteiger partial charge in [-0.15, -0.1) is 5.73 Å². The largest absolute Gasteiger partial charge is 0.130 e. The molecule has 0 unspecified atom stereocenters. The minimum Gasteiger partial charge on any atom is -0.130 e. The first-order valence-electron chi connectivity index (χ1n) is 4.46. The second-order valence-corrected chi connectivity index (χ2v) is 2.44. The van der Waals surface area contributed by atoms with Gasteiger partial charge in [0.25, 0.3) is 0 Å². The molecule has 0 aliphatic heterocycles. The first kappa shape index (κ1) is 10.3. The van der Waals surface area contributed by atoms with Crippen LogP contribution in [0, 0.1) is 0 Å². The van der Waals surface area contributed by atoms with Gasteiger partial charge >= 0.3 is 0 Å². The lowest BCUT2D eigenvalue weighted by atomic mass is 10.2. The van der Waals surface area contributed by atoms with E-state index < -0.39 is 0 Å². The van der Waals surface area contributed by atoms with E-state index in [4.69, 9.17) is 0 Å². The molecule has 0 fully saturated rings. The fraction of sp³-hybridized carbons (Fsp3) is 0.545. The van der Waals surface area contributed by atoms with Gasteiger partial charge in [-0.25, -0.2) is 0 Å². The lowest BCUT2D eigenvalue weighted by Crippen LogP contribution is -1.62. The van der Waals surface area contributed by atoms with Crippen LogP contribution < -0.4 is 0 Å². The summed E-state index contributed by atoms with van der Waals surface area (Å²) in [6, 6.07) is 0. The van der Waals surface area contributed by atoms with Crippen molar-refractivity contribution in [2.24, 2.45) is 0 Å². The summed E-state index contributed by atoms with van der Waals surface area (Å²) in [4.78, 5) is 0. The minimum absolute atomic E-state index is 1.08. The van der Waals surface area contributed by atoms with Gasteiger partial charge in [-0.1, -0.05) is 26.0 Å². The quantitative estimate of drug-likeness (QED) is 0.317. The molecule has 0 nitrogen and oxygen atoms in total. The summed E-state index contributed by atoms with van der Waals surface area (Å²) < 4.78 is 0. The lowest BCUT2D eigenvalue weighted by Gasteiger charge is -1.82. The van der Waals surface area contributed by atoms with E-state index >= 15 is 0 Å². The van der Waals surface area contributed by atoms with Gasteiger partial charge in [0.2, 0.25) is 0 Å². The lowest BCUT2D eigenvalue weighted by molar-refractivity contribution is 1.04. The minimum atomic E-state index is 1.08.